The first-order chi connectivity index (χ1) is 7.70. The Morgan fingerprint density at radius 1 is 1.25 bits per heavy atom. The zero-order chi connectivity index (χ0) is 11.5. The fraction of sp³-hybridized carbons (Fsp3) is 0.818. The van der Waals surface area contributed by atoms with Crippen molar-refractivity contribution in [1.82, 2.24) is 10.2 Å². The van der Waals surface area contributed by atoms with Gasteiger partial charge in [0.2, 0.25) is 5.91 Å². The summed E-state index contributed by atoms with van der Waals surface area (Å²) in [6.45, 7) is 2.26. The van der Waals surface area contributed by atoms with E-state index in [0.29, 0.717) is 19.5 Å². The highest BCUT2D eigenvalue weighted by Crippen LogP contribution is 2.22. The van der Waals surface area contributed by atoms with Gasteiger partial charge in [-0.05, 0) is 32.2 Å². The molecule has 2 rings (SSSR count). The molecule has 5 nitrogen and oxygen atoms in total. The Hall–Kier alpha value is -1.10. The van der Waals surface area contributed by atoms with Crippen LogP contribution in [0, 0.1) is 5.92 Å². The minimum Gasteiger partial charge on any atom is -0.480 e. The van der Waals surface area contributed by atoms with Crippen LogP contribution in [-0.4, -0.2) is 47.6 Å². The summed E-state index contributed by atoms with van der Waals surface area (Å²) in [6.07, 6.45) is 3.29. The SMILES string of the molecule is O=C(O)C1CCCN1C(=O)[C@H]1CCCNC1. The third-order valence-electron chi connectivity index (χ3n) is 3.47. The highest BCUT2D eigenvalue weighted by Gasteiger charge is 2.37. The molecule has 0 aliphatic carbocycles. The van der Waals surface area contributed by atoms with E-state index in [2.05, 4.69) is 5.32 Å². The minimum absolute atomic E-state index is 0.0197. The summed E-state index contributed by atoms with van der Waals surface area (Å²) in [5.74, 6) is -0.861. The molecule has 90 valence electrons. The van der Waals surface area contributed by atoms with Gasteiger partial charge in [0.15, 0.2) is 0 Å². The van der Waals surface area contributed by atoms with Crippen molar-refractivity contribution in [2.24, 2.45) is 5.92 Å². The second-order valence-corrected chi connectivity index (χ2v) is 4.57. The number of aliphatic carboxylic acids is 1. The summed E-state index contributed by atoms with van der Waals surface area (Å²) < 4.78 is 0. The molecule has 2 aliphatic heterocycles. The molecular weight excluding hydrogens is 208 g/mol. The molecule has 2 heterocycles. The number of likely N-dealkylation sites (tertiary alicyclic amines) is 1. The van der Waals surface area contributed by atoms with Gasteiger partial charge in [-0.3, -0.25) is 4.79 Å². The predicted molar refractivity (Wildman–Crippen MR) is 58.0 cm³/mol. The predicted octanol–water partition coefficient (Wildman–Crippen LogP) is 0.0616. The average Bonchev–Trinajstić information content (AvgIpc) is 2.78. The number of hydrogen-bond acceptors (Lipinski definition) is 3. The number of amides is 1. The molecule has 2 fully saturated rings. The van der Waals surface area contributed by atoms with Crippen LogP contribution >= 0.6 is 0 Å². The number of carbonyl (C=O) groups is 2. The Labute approximate surface area is 94.8 Å². The van der Waals surface area contributed by atoms with Crippen LogP contribution in [0.15, 0.2) is 0 Å². The summed E-state index contributed by atoms with van der Waals surface area (Å²) in [6, 6.07) is -0.588. The van der Waals surface area contributed by atoms with E-state index in [9.17, 15) is 9.59 Å². The molecule has 2 N–H and O–H groups in total. The molecule has 0 aromatic heterocycles. The molecule has 0 bridgehead atoms. The van der Waals surface area contributed by atoms with E-state index in [4.69, 9.17) is 5.11 Å². The molecule has 0 radical (unpaired) electrons. The van der Waals surface area contributed by atoms with E-state index < -0.39 is 12.0 Å². The lowest BCUT2D eigenvalue weighted by Crippen LogP contribution is -2.47. The maximum atomic E-state index is 12.1. The third kappa shape index (κ3) is 2.19. The van der Waals surface area contributed by atoms with Crippen LogP contribution in [-0.2, 0) is 9.59 Å². The third-order valence-corrected chi connectivity index (χ3v) is 3.47. The highest BCUT2D eigenvalue weighted by atomic mass is 16.4. The van der Waals surface area contributed by atoms with E-state index in [0.717, 1.165) is 25.8 Å². The van der Waals surface area contributed by atoms with E-state index in [1.807, 2.05) is 0 Å². The van der Waals surface area contributed by atoms with Crippen molar-refractivity contribution in [3.63, 3.8) is 0 Å². The second-order valence-electron chi connectivity index (χ2n) is 4.57. The average molecular weight is 226 g/mol. The number of hydrogen-bond donors (Lipinski definition) is 2. The number of nitrogens with zero attached hydrogens (tertiary/aromatic N) is 1. The van der Waals surface area contributed by atoms with Gasteiger partial charge in [0, 0.05) is 13.1 Å². The largest absolute Gasteiger partial charge is 0.480 e. The van der Waals surface area contributed by atoms with Gasteiger partial charge in [0.25, 0.3) is 0 Å². The Morgan fingerprint density at radius 3 is 2.69 bits per heavy atom. The lowest BCUT2D eigenvalue weighted by atomic mass is 9.98. The second kappa shape index (κ2) is 4.82. The monoisotopic (exact) mass is 226 g/mol. The van der Waals surface area contributed by atoms with Crippen molar-refractivity contribution in [1.29, 1.82) is 0 Å². The Morgan fingerprint density at radius 2 is 2.06 bits per heavy atom. The van der Waals surface area contributed by atoms with Crippen molar-refractivity contribution in [3.05, 3.63) is 0 Å². The van der Waals surface area contributed by atoms with Crippen molar-refractivity contribution in [2.75, 3.05) is 19.6 Å². The van der Waals surface area contributed by atoms with Crippen LogP contribution in [0.25, 0.3) is 0 Å². The molecule has 0 spiro atoms. The standard InChI is InChI=1S/C11H18N2O3/c14-10(8-3-1-5-12-7-8)13-6-2-4-9(13)11(15)16/h8-9,12H,1-7H2,(H,15,16)/t8-,9?/m0/s1. The highest BCUT2D eigenvalue weighted by molar-refractivity contribution is 5.85. The Kier molecular flexibility index (Phi) is 3.43. The number of carbonyl (C=O) groups excluding carboxylic acids is 1. The molecule has 0 aromatic rings. The fourth-order valence-electron chi connectivity index (χ4n) is 2.58. The Bertz CT molecular complexity index is 287. The van der Waals surface area contributed by atoms with Gasteiger partial charge in [0.1, 0.15) is 6.04 Å². The minimum atomic E-state index is -0.866. The molecule has 0 aromatic carbocycles. The molecule has 1 unspecified atom stereocenters. The van der Waals surface area contributed by atoms with Crippen LogP contribution in [0.2, 0.25) is 0 Å². The lowest BCUT2D eigenvalue weighted by molar-refractivity contribution is -0.150. The van der Waals surface area contributed by atoms with Crippen molar-refractivity contribution >= 4 is 11.9 Å². The fourth-order valence-corrected chi connectivity index (χ4v) is 2.58. The maximum absolute atomic E-state index is 12.1. The lowest BCUT2D eigenvalue weighted by Gasteiger charge is -2.29. The first-order valence-electron chi connectivity index (χ1n) is 5.94. The summed E-state index contributed by atoms with van der Waals surface area (Å²) in [4.78, 5) is 24.7. The van der Waals surface area contributed by atoms with Gasteiger partial charge in [-0.25, -0.2) is 4.79 Å². The van der Waals surface area contributed by atoms with Gasteiger partial charge >= 0.3 is 5.97 Å². The van der Waals surface area contributed by atoms with Crippen molar-refractivity contribution < 1.29 is 14.7 Å². The normalized spacial score (nSPS) is 30.4. The summed E-state index contributed by atoms with van der Waals surface area (Å²) in [5, 5.41) is 12.2. The van der Waals surface area contributed by atoms with E-state index in [1.165, 1.54) is 0 Å². The van der Waals surface area contributed by atoms with E-state index in [1.54, 1.807) is 4.90 Å². The van der Waals surface area contributed by atoms with Crippen LogP contribution in [0.5, 0.6) is 0 Å². The molecule has 0 saturated carbocycles. The quantitative estimate of drug-likeness (QED) is 0.698. The van der Waals surface area contributed by atoms with Crippen LogP contribution < -0.4 is 5.32 Å². The molecule has 2 atom stereocenters. The number of piperidine rings is 1. The van der Waals surface area contributed by atoms with E-state index >= 15 is 0 Å². The summed E-state index contributed by atoms with van der Waals surface area (Å²) in [5.41, 5.74) is 0. The number of carboxylic acids is 1. The van der Waals surface area contributed by atoms with Crippen molar-refractivity contribution in [2.45, 2.75) is 31.7 Å². The van der Waals surface area contributed by atoms with Crippen LogP contribution in [0.1, 0.15) is 25.7 Å². The van der Waals surface area contributed by atoms with Gasteiger partial charge in [-0.15, -0.1) is 0 Å². The summed E-state index contributed by atoms with van der Waals surface area (Å²) >= 11 is 0. The van der Waals surface area contributed by atoms with Gasteiger partial charge < -0.3 is 15.3 Å². The number of rotatable bonds is 2. The molecule has 5 heteroatoms. The van der Waals surface area contributed by atoms with Gasteiger partial charge in [-0.1, -0.05) is 0 Å². The molecular formula is C11H18N2O3. The first kappa shape index (κ1) is 11.4. The maximum Gasteiger partial charge on any atom is 0.326 e. The molecule has 2 aliphatic rings. The molecule has 2 saturated heterocycles. The van der Waals surface area contributed by atoms with Crippen LogP contribution in [0.3, 0.4) is 0 Å². The van der Waals surface area contributed by atoms with Gasteiger partial charge in [0.05, 0.1) is 5.92 Å². The molecule has 1 amide bonds. The topological polar surface area (TPSA) is 69.6 Å². The number of carboxylic acid groups (broad SMARTS) is 1. The molecule has 16 heavy (non-hydrogen) atoms. The number of nitrogens with one attached hydrogen (secondary N) is 1. The zero-order valence-electron chi connectivity index (χ0n) is 9.32. The van der Waals surface area contributed by atoms with E-state index in [-0.39, 0.29) is 11.8 Å². The van der Waals surface area contributed by atoms with Crippen LogP contribution in [0.4, 0.5) is 0 Å². The zero-order valence-corrected chi connectivity index (χ0v) is 9.32. The summed E-state index contributed by atoms with van der Waals surface area (Å²) in [7, 11) is 0. The first-order valence-corrected chi connectivity index (χ1v) is 5.94. The van der Waals surface area contributed by atoms with Gasteiger partial charge in [-0.2, -0.15) is 0 Å². The smallest absolute Gasteiger partial charge is 0.326 e. The van der Waals surface area contributed by atoms with Crippen molar-refractivity contribution in [3.8, 4) is 0 Å². The Balaban J connectivity index is 1.99.